The van der Waals surface area contributed by atoms with E-state index in [1.165, 1.54) is 0 Å². The maximum absolute atomic E-state index is 11.7. The molecule has 2 amide bonds. The van der Waals surface area contributed by atoms with Gasteiger partial charge in [0.25, 0.3) is 0 Å². The normalized spacial score (nSPS) is 11.6. The summed E-state index contributed by atoms with van der Waals surface area (Å²) in [7, 11) is 1.73. The van der Waals surface area contributed by atoms with Crippen molar-refractivity contribution in [2.75, 3.05) is 18.9 Å². The van der Waals surface area contributed by atoms with Crippen LogP contribution < -0.4 is 16.0 Å². The molecule has 0 aliphatic carbocycles. The lowest BCUT2D eigenvalue weighted by molar-refractivity contribution is -0.117. The molecule has 1 atom stereocenters. The Morgan fingerprint density at radius 1 is 1.24 bits per heavy atom. The minimum absolute atomic E-state index is 0.0968. The molecule has 0 saturated heterocycles. The molecule has 0 heterocycles. The second-order valence-electron chi connectivity index (χ2n) is 4.70. The molecule has 6 heteroatoms. The third kappa shape index (κ3) is 6.27. The molecule has 0 aliphatic heterocycles. The summed E-state index contributed by atoms with van der Waals surface area (Å²) in [5.41, 5.74) is 1.57. The van der Waals surface area contributed by atoms with E-state index in [0.717, 1.165) is 12.0 Å². The molecule has 0 aromatic heterocycles. The van der Waals surface area contributed by atoms with E-state index >= 15 is 0 Å². The highest BCUT2D eigenvalue weighted by Gasteiger charge is 2.10. The van der Waals surface area contributed by atoms with Gasteiger partial charge in [-0.25, -0.2) is 4.79 Å². The summed E-state index contributed by atoms with van der Waals surface area (Å²) in [6.07, 6.45) is 0.450. The summed E-state index contributed by atoms with van der Waals surface area (Å²) >= 11 is 0. The SMILES string of the molecule is CCCNC(=O)OCc1ccc(NC(=O)C(C)NC)cc1. The summed E-state index contributed by atoms with van der Waals surface area (Å²) in [5, 5.41) is 8.29. The van der Waals surface area contributed by atoms with Crippen molar-refractivity contribution >= 4 is 17.7 Å². The molecule has 0 bridgehead atoms. The first-order valence-corrected chi connectivity index (χ1v) is 7.04. The van der Waals surface area contributed by atoms with Crippen molar-refractivity contribution in [3.8, 4) is 0 Å². The van der Waals surface area contributed by atoms with Gasteiger partial charge in [0.2, 0.25) is 5.91 Å². The zero-order valence-corrected chi connectivity index (χ0v) is 12.7. The van der Waals surface area contributed by atoms with Crippen LogP contribution in [0.3, 0.4) is 0 Å². The number of nitrogens with one attached hydrogen (secondary N) is 3. The summed E-state index contributed by atoms with van der Waals surface area (Å²) < 4.78 is 5.06. The number of amides is 2. The number of hydrogen-bond donors (Lipinski definition) is 3. The van der Waals surface area contributed by atoms with E-state index < -0.39 is 6.09 Å². The number of alkyl carbamates (subject to hydrolysis) is 1. The van der Waals surface area contributed by atoms with Gasteiger partial charge in [-0.2, -0.15) is 0 Å². The Bertz CT molecular complexity index is 460. The zero-order valence-electron chi connectivity index (χ0n) is 12.7. The van der Waals surface area contributed by atoms with Crippen molar-refractivity contribution < 1.29 is 14.3 Å². The maximum atomic E-state index is 11.7. The molecular weight excluding hydrogens is 270 g/mol. The summed E-state index contributed by atoms with van der Waals surface area (Å²) in [4.78, 5) is 23.0. The van der Waals surface area contributed by atoms with Gasteiger partial charge >= 0.3 is 6.09 Å². The molecule has 0 fully saturated rings. The second-order valence-corrected chi connectivity index (χ2v) is 4.70. The third-order valence-corrected chi connectivity index (χ3v) is 2.94. The van der Waals surface area contributed by atoms with Crippen molar-refractivity contribution in [2.24, 2.45) is 0 Å². The lowest BCUT2D eigenvalue weighted by atomic mass is 10.2. The van der Waals surface area contributed by atoms with Crippen LogP contribution in [0.15, 0.2) is 24.3 Å². The standard InChI is InChI=1S/C15H23N3O3/c1-4-9-17-15(20)21-10-12-5-7-13(8-6-12)18-14(19)11(2)16-3/h5-8,11,16H,4,9-10H2,1-3H3,(H,17,20)(H,18,19). The van der Waals surface area contributed by atoms with Gasteiger partial charge in [-0.1, -0.05) is 19.1 Å². The predicted molar refractivity (Wildman–Crippen MR) is 82.1 cm³/mol. The number of likely N-dealkylation sites (N-methyl/N-ethyl adjacent to an activating group) is 1. The average molecular weight is 293 g/mol. The van der Waals surface area contributed by atoms with Crippen molar-refractivity contribution in [3.63, 3.8) is 0 Å². The Kier molecular flexibility index (Phi) is 7.25. The summed E-state index contributed by atoms with van der Waals surface area (Å²) in [5.74, 6) is -0.0968. The maximum Gasteiger partial charge on any atom is 0.407 e. The molecule has 1 aromatic carbocycles. The number of carbonyl (C=O) groups excluding carboxylic acids is 2. The van der Waals surface area contributed by atoms with E-state index in [-0.39, 0.29) is 18.6 Å². The third-order valence-electron chi connectivity index (χ3n) is 2.94. The number of benzene rings is 1. The van der Waals surface area contributed by atoms with Crippen molar-refractivity contribution in [3.05, 3.63) is 29.8 Å². The van der Waals surface area contributed by atoms with Gasteiger partial charge in [0.05, 0.1) is 6.04 Å². The number of carbonyl (C=O) groups is 2. The lowest BCUT2D eigenvalue weighted by Crippen LogP contribution is -2.35. The van der Waals surface area contributed by atoms with Crippen molar-refractivity contribution in [1.82, 2.24) is 10.6 Å². The molecule has 0 aliphatic rings. The molecule has 0 spiro atoms. The minimum Gasteiger partial charge on any atom is -0.445 e. The molecule has 0 saturated carbocycles. The number of rotatable bonds is 7. The quantitative estimate of drug-likeness (QED) is 0.717. The van der Waals surface area contributed by atoms with E-state index in [0.29, 0.717) is 12.2 Å². The first-order chi connectivity index (χ1) is 10.1. The largest absolute Gasteiger partial charge is 0.445 e. The number of anilines is 1. The Labute approximate surface area is 125 Å². The van der Waals surface area contributed by atoms with E-state index in [2.05, 4.69) is 16.0 Å². The highest BCUT2D eigenvalue weighted by Crippen LogP contribution is 2.11. The van der Waals surface area contributed by atoms with Crippen LogP contribution in [0, 0.1) is 0 Å². The molecule has 1 aromatic rings. The van der Waals surface area contributed by atoms with Crippen LogP contribution in [0.2, 0.25) is 0 Å². The molecule has 1 unspecified atom stereocenters. The highest BCUT2D eigenvalue weighted by molar-refractivity contribution is 5.94. The predicted octanol–water partition coefficient (Wildman–Crippen LogP) is 1.87. The van der Waals surface area contributed by atoms with Gasteiger partial charge in [-0.15, -0.1) is 0 Å². The van der Waals surface area contributed by atoms with E-state index in [1.54, 1.807) is 26.1 Å². The first kappa shape index (κ1) is 17.0. The molecule has 3 N–H and O–H groups in total. The molecule has 1 rings (SSSR count). The summed E-state index contributed by atoms with van der Waals surface area (Å²) in [6, 6.07) is 6.93. The van der Waals surface area contributed by atoms with Crippen LogP contribution in [0.4, 0.5) is 10.5 Å². The molecule has 0 radical (unpaired) electrons. The Morgan fingerprint density at radius 2 is 1.90 bits per heavy atom. The van der Waals surface area contributed by atoms with Crippen molar-refractivity contribution in [2.45, 2.75) is 32.9 Å². The average Bonchev–Trinajstić information content (AvgIpc) is 2.51. The molecule has 116 valence electrons. The van der Waals surface area contributed by atoms with Gasteiger partial charge in [-0.3, -0.25) is 4.79 Å². The fraction of sp³-hybridized carbons (Fsp3) is 0.467. The fourth-order valence-electron chi connectivity index (χ4n) is 1.49. The smallest absolute Gasteiger partial charge is 0.407 e. The molecule has 21 heavy (non-hydrogen) atoms. The van der Waals surface area contributed by atoms with Crippen LogP contribution in [-0.4, -0.2) is 31.6 Å². The van der Waals surface area contributed by atoms with E-state index in [4.69, 9.17) is 4.74 Å². The fourth-order valence-corrected chi connectivity index (χ4v) is 1.49. The summed E-state index contributed by atoms with van der Waals surface area (Å²) in [6.45, 7) is 4.57. The van der Waals surface area contributed by atoms with E-state index in [1.807, 2.05) is 19.1 Å². The van der Waals surface area contributed by atoms with Gasteiger partial charge in [0.1, 0.15) is 6.61 Å². The zero-order chi connectivity index (χ0) is 15.7. The first-order valence-electron chi connectivity index (χ1n) is 7.04. The lowest BCUT2D eigenvalue weighted by Gasteiger charge is -2.11. The van der Waals surface area contributed by atoms with Gasteiger partial charge < -0.3 is 20.7 Å². The van der Waals surface area contributed by atoms with Crippen LogP contribution in [0.1, 0.15) is 25.8 Å². The van der Waals surface area contributed by atoms with Crippen LogP contribution in [0.25, 0.3) is 0 Å². The minimum atomic E-state index is -0.419. The van der Waals surface area contributed by atoms with Gasteiger partial charge in [0.15, 0.2) is 0 Å². The Morgan fingerprint density at radius 3 is 2.48 bits per heavy atom. The number of hydrogen-bond acceptors (Lipinski definition) is 4. The van der Waals surface area contributed by atoms with Crippen LogP contribution in [-0.2, 0) is 16.1 Å². The topological polar surface area (TPSA) is 79.5 Å². The molecular formula is C15H23N3O3. The Balaban J connectivity index is 2.43. The highest BCUT2D eigenvalue weighted by atomic mass is 16.5. The van der Waals surface area contributed by atoms with Gasteiger partial charge in [-0.05, 0) is 38.1 Å². The van der Waals surface area contributed by atoms with Crippen LogP contribution >= 0.6 is 0 Å². The number of ether oxygens (including phenoxy) is 1. The van der Waals surface area contributed by atoms with Gasteiger partial charge in [0, 0.05) is 12.2 Å². The van der Waals surface area contributed by atoms with Crippen molar-refractivity contribution in [1.29, 1.82) is 0 Å². The monoisotopic (exact) mass is 293 g/mol. The Hall–Kier alpha value is -2.08. The molecule has 6 nitrogen and oxygen atoms in total. The second kappa shape index (κ2) is 8.97. The van der Waals surface area contributed by atoms with E-state index in [9.17, 15) is 9.59 Å². The van der Waals surface area contributed by atoms with Crippen LogP contribution in [0.5, 0.6) is 0 Å².